The average molecular weight is 291 g/mol. The van der Waals surface area contributed by atoms with Crippen LogP contribution < -0.4 is 0 Å². The summed E-state index contributed by atoms with van der Waals surface area (Å²) in [4.78, 5) is 2.54. The first-order chi connectivity index (χ1) is 6.50. The molecule has 3 nitrogen and oxygen atoms in total. The van der Waals surface area contributed by atoms with Crippen LogP contribution in [0, 0.1) is 0 Å². The van der Waals surface area contributed by atoms with E-state index in [0.717, 1.165) is 0 Å². The van der Waals surface area contributed by atoms with Crippen LogP contribution >= 0.6 is 58.0 Å². The van der Waals surface area contributed by atoms with Gasteiger partial charge in [-0.25, -0.2) is 0 Å². The molecule has 1 aromatic carbocycles. The fourth-order valence-electron chi connectivity index (χ4n) is 0.726. The Kier molecular flexibility index (Phi) is 4.02. The van der Waals surface area contributed by atoms with Gasteiger partial charge < -0.3 is 0 Å². The van der Waals surface area contributed by atoms with Gasteiger partial charge in [-0.1, -0.05) is 63.1 Å². The highest BCUT2D eigenvalue weighted by atomic mass is 35.5. The topological polar surface area (TPSA) is 48.8 Å². The molecular weight excluding hydrogens is 291 g/mol. The molecule has 0 aliphatic heterocycles. The van der Waals surface area contributed by atoms with Gasteiger partial charge in [0, 0.05) is 4.91 Å². The zero-order chi connectivity index (χ0) is 10.9. The van der Waals surface area contributed by atoms with Gasteiger partial charge in [0.2, 0.25) is 0 Å². The zero-order valence-electron chi connectivity index (χ0n) is 6.23. The summed E-state index contributed by atoms with van der Waals surface area (Å²) in [6.45, 7) is 0. The lowest BCUT2D eigenvalue weighted by Crippen LogP contribution is -1.79. The molecule has 0 saturated heterocycles. The Morgan fingerprint density at radius 2 is 1.14 bits per heavy atom. The summed E-state index contributed by atoms with van der Waals surface area (Å²) in [6.07, 6.45) is 0. The molecule has 0 saturated carbocycles. The van der Waals surface area contributed by atoms with Crippen molar-refractivity contribution in [2.24, 2.45) is 5.11 Å². The zero-order valence-corrected chi connectivity index (χ0v) is 10.0. The lowest BCUT2D eigenvalue weighted by Gasteiger charge is -2.07. The Balaban J connectivity index is 3.67. The van der Waals surface area contributed by atoms with E-state index in [1.807, 2.05) is 0 Å². The summed E-state index contributed by atoms with van der Waals surface area (Å²) in [5.74, 6) is 0. The Hall–Kier alpha value is -0.0200. The Morgan fingerprint density at radius 1 is 0.786 bits per heavy atom. The van der Waals surface area contributed by atoms with Gasteiger partial charge in [-0.3, -0.25) is 0 Å². The molecular formula is C6Cl5N3. The second-order valence-electron chi connectivity index (χ2n) is 2.11. The van der Waals surface area contributed by atoms with Gasteiger partial charge in [-0.15, -0.1) is 0 Å². The van der Waals surface area contributed by atoms with Crippen LogP contribution in [0.15, 0.2) is 5.11 Å². The third-order valence-electron chi connectivity index (χ3n) is 1.33. The fourth-order valence-corrected chi connectivity index (χ4v) is 1.93. The minimum Gasteiger partial charge on any atom is -0.0821 e. The van der Waals surface area contributed by atoms with Gasteiger partial charge in [0.15, 0.2) is 0 Å². The molecule has 0 spiro atoms. The summed E-state index contributed by atoms with van der Waals surface area (Å²) < 4.78 is 0. The molecule has 14 heavy (non-hydrogen) atoms. The molecule has 8 heteroatoms. The van der Waals surface area contributed by atoms with Gasteiger partial charge >= 0.3 is 0 Å². The highest BCUT2D eigenvalue weighted by molar-refractivity contribution is 6.56. The quantitative estimate of drug-likeness (QED) is 0.203. The molecule has 0 unspecified atom stereocenters. The second kappa shape index (κ2) is 4.67. The number of azide groups is 1. The Labute approximate surface area is 104 Å². The van der Waals surface area contributed by atoms with E-state index in [1.54, 1.807) is 0 Å². The molecule has 0 atom stereocenters. The predicted molar refractivity (Wildman–Crippen MR) is 60.3 cm³/mol. The first-order valence-corrected chi connectivity index (χ1v) is 4.96. The summed E-state index contributed by atoms with van der Waals surface area (Å²) in [7, 11) is 0. The monoisotopic (exact) mass is 289 g/mol. The molecule has 0 N–H and O–H groups in total. The molecule has 0 heterocycles. The highest BCUT2D eigenvalue weighted by Gasteiger charge is 2.17. The number of halogens is 5. The van der Waals surface area contributed by atoms with Crippen molar-refractivity contribution in [3.63, 3.8) is 0 Å². The maximum atomic E-state index is 8.24. The van der Waals surface area contributed by atoms with Crippen LogP contribution in [0.2, 0.25) is 25.1 Å². The number of nitrogens with zero attached hydrogens (tertiary/aromatic N) is 3. The van der Waals surface area contributed by atoms with Crippen LogP contribution in [0.3, 0.4) is 0 Å². The third-order valence-corrected chi connectivity index (χ3v) is 3.59. The van der Waals surface area contributed by atoms with Crippen molar-refractivity contribution in [3.05, 3.63) is 35.6 Å². The fraction of sp³-hybridized carbons (Fsp3) is 0. The van der Waals surface area contributed by atoms with E-state index in [1.165, 1.54) is 0 Å². The number of hydrogen-bond donors (Lipinski definition) is 0. The van der Waals surface area contributed by atoms with E-state index in [2.05, 4.69) is 10.0 Å². The van der Waals surface area contributed by atoms with Crippen LogP contribution in [0.25, 0.3) is 10.4 Å². The van der Waals surface area contributed by atoms with Crippen LogP contribution in [0.1, 0.15) is 0 Å². The second-order valence-corrected chi connectivity index (χ2v) is 4.00. The maximum absolute atomic E-state index is 8.24. The largest absolute Gasteiger partial charge is 0.0821 e. The minimum absolute atomic E-state index is 0.00475. The van der Waals surface area contributed by atoms with Crippen molar-refractivity contribution in [2.75, 3.05) is 0 Å². The van der Waals surface area contributed by atoms with E-state index in [0.29, 0.717) is 0 Å². The molecule has 0 radical (unpaired) electrons. The predicted octanol–water partition coefficient (Wildman–Crippen LogP) is 5.90. The van der Waals surface area contributed by atoms with Crippen LogP contribution in [0.4, 0.5) is 5.69 Å². The van der Waals surface area contributed by atoms with Crippen LogP contribution in [0.5, 0.6) is 0 Å². The summed E-state index contributed by atoms with van der Waals surface area (Å²) >= 11 is 28.6. The third kappa shape index (κ3) is 1.98. The molecule has 0 fully saturated rings. The van der Waals surface area contributed by atoms with E-state index in [9.17, 15) is 0 Å². The lowest BCUT2D eigenvalue weighted by atomic mass is 10.3. The number of benzene rings is 1. The normalized spacial score (nSPS) is 9.79. The van der Waals surface area contributed by atoms with Crippen LogP contribution in [-0.2, 0) is 0 Å². The van der Waals surface area contributed by atoms with E-state index in [-0.39, 0.29) is 30.8 Å². The maximum Gasteiger partial charge on any atom is 0.0809 e. The molecule has 1 aromatic rings. The van der Waals surface area contributed by atoms with Crippen LogP contribution in [-0.4, -0.2) is 0 Å². The molecule has 0 bridgehead atoms. The standard InChI is InChI=1S/C6Cl5N3/c7-1-2(8)4(10)6(13-14-12)5(11)3(1)9. The Morgan fingerprint density at radius 3 is 1.50 bits per heavy atom. The summed E-state index contributed by atoms with van der Waals surface area (Å²) in [5.41, 5.74) is 8.21. The summed E-state index contributed by atoms with van der Waals surface area (Å²) in [5, 5.41) is 3.25. The molecule has 0 aromatic heterocycles. The van der Waals surface area contributed by atoms with E-state index >= 15 is 0 Å². The van der Waals surface area contributed by atoms with Crippen molar-refractivity contribution in [1.82, 2.24) is 0 Å². The van der Waals surface area contributed by atoms with Gasteiger partial charge in [0.1, 0.15) is 0 Å². The van der Waals surface area contributed by atoms with Crippen molar-refractivity contribution in [3.8, 4) is 0 Å². The summed E-state index contributed by atoms with van der Waals surface area (Å²) in [6, 6.07) is 0. The lowest BCUT2D eigenvalue weighted by molar-refractivity contribution is 1.48. The SMILES string of the molecule is [N-]=[N+]=Nc1c(Cl)c(Cl)c(Cl)c(Cl)c1Cl. The average Bonchev–Trinajstić information content (AvgIpc) is 2.19. The molecule has 74 valence electrons. The first kappa shape index (κ1) is 12.1. The van der Waals surface area contributed by atoms with Gasteiger partial charge in [-0.05, 0) is 5.53 Å². The Bertz CT molecular complexity index is 409. The van der Waals surface area contributed by atoms with E-state index in [4.69, 9.17) is 63.5 Å². The van der Waals surface area contributed by atoms with Crippen molar-refractivity contribution in [1.29, 1.82) is 0 Å². The van der Waals surface area contributed by atoms with Crippen molar-refractivity contribution >= 4 is 63.7 Å². The smallest absolute Gasteiger partial charge is 0.0809 e. The van der Waals surface area contributed by atoms with Gasteiger partial charge in [0.25, 0.3) is 0 Å². The number of hydrogen-bond acceptors (Lipinski definition) is 1. The van der Waals surface area contributed by atoms with Crippen molar-refractivity contribution in [2.45, 2.75) is 0 Å². The molecule has 0 amide bonds. The van der Waals surface area contributed by atoms with Crippen molar-refractivity contribution < 1.29 is 0 Å². The molecule has 0 aliphatic carbocycles. The minimum atomic E-state index is -0.0322. The van der Waals surface area contributed by atoms with Gasteiger partial charge in [-0.2, -0.15) is 0 Å². The van der Waals surface area contributed by atoms with Gasteiger partial charge in [0.05, 0.1) is 30.8 Å². The highest BCUT2D eigenvalue weighted by Crippen LogP contribution is 2.48. The molecule has 0 aliphatic rings. The number of rotatable bonds is 1. The first-order valence-electron chi connectivity index (χ1n) is 3.07. The van der Waals surface area contributed by atoms with E-state index < -0.39 is 0 Å². The molecule has 1 rings (SSSR count).